The normalized spacial score (nSPS) is 13.6. The Kier molecular flexibility index (Phi) is 8.07. The Bertz CT molecular complexity index is 1230. The number of aryl methyl sites for hydroxylation is 1. The van der Waals surface area contributed by atoms with Gasteiger partial charge in [0.25, 0.3) is 12.4 Å². The minimum Gasteiger partial charge on any atom is -0.508 e. The lowest BCUT2D eigenvalue weighted by Gasteiger charge is -2.26. The SMILES string of the molecule is Cc1[nH]nc2nc(-c3ccc(O)cc3F)c(C#N)c(C(=O)NCCN3CCOCC3)c12.O=CO. The van der Waals surface area contributed by atoms with Gasteiger partial charge in [0.2, 0.25) is 0 Å². The molecule has 0 saturated carbocycles. The largest absolute Gasteiger partial charge is 0.508 e. The Morgan fingerprint density at radius 2 is 2.12 bits per heavy atom. The number of nitrogens with zero attached hydrogens (tertiary/aromatic N) is 4. The van der Waals surface area contributed by atoms with E-state index in [4.69, 9.17) is 14.6 Å². The van der Waals surface area contributed by atoms with Gasteiger partial charge in [-0.2, -0.15) is 10.4 Å². The molecule has 1 fully saturated rings. The summed E-state index contributed by atoms with van der Waals surface area (Å²) in [4.78, 5) is 28.0. The number of aromatic amines is 1. The molecule has 0 radical (unpaired) electrons. The van der Waals surface area contributed by atoms with Gasteiger partial charge >= 0.3 is 0 Å². The van der Waals surface area contributed by atoms with Crippen LogP contribution in [0.15, 0.2) is 18.2 Å². The Balaban J connectivity index is 0.00000103. The van der Waals surface area contributed by atoms with E-state index >= 15 is 0 Å². The number of phenolic OH excluding ortho intramolecular Hbond substituents is 1. The van der Waals surface area contributed by atoms with E-state index in [0.29, 0.717) is 37.4 Å². The molecule has 11 nitrogen and oxygen atoms in total. The van der Waals surface area contributed by atoms with Crippen LogP contribution in [0, 0.1) is 24.1 Å². The first-order valence-electron chi connectivity index (χ1n) is 10.3. The van der Waals surface area contributed by atoms with Crippen molar-refractivity contribution in [2.45, 2.75) is 6.92 Å². The van der Waals surface area contributed by atoms with E-state index in [-0.39, 0.29) is 40.3 Å². The number of benzene rings is 1. The predicted octanol–water partition coefficient (Wildman–Crippen LogP) is 1.41. The van der Waals surface area contributed by atoms with Crippen molar-refractivity contribution in [2.24, 2.45) is 0 Å². The van der Waals surface area contributed by atoms with Crippen LogP contribution in [0.4, 0.5) is 4.39 Å². The summed E-state index contributed by atoms with van der Waals surface area (Å²) < 4.78 is 19.9. The van der Waals surface area contributed by atoms with Gasteiger partial charge < -0.3 is 20.3 Å². The monoisotopic (exact) mass is 470 g/mol. The van der Waals surface area contributed by atoms with E-state index in [1.54, 1.807) is 6.92 Å². The summed E-state index contributed by atoms with van der Waals surface area (Å²) >= 11 is 0. The number of carbonyl (C=O) groups is 2. The average Bonchev–Trinajstić information content (AvgIpc) is 3.19. The van der Waals surface area contributed by atoms with Crippen LogP contribution in [0.1, 0.15) is 21.6 Å². The van der Waals surface area contributed by atoms with Gasteiger partial charge in [-0.1, -0.05) is 0 Å². The summed E-state index contributed by atoms with van der Waals surface area (Å²) in [6, 6.07) is 5.56. The van der Waals surface area contributed by atoms with Crippen LogP contribution < -0.4 is 5.32 Å². The molecule has 1 saturated heterocycles. The number of morpholine rings is 1. The Morgan fingerprint density at radius 1 is 1.41 bits per heavy atom. The van der Waals surface area contributed by atoms with Gasteiger partial charge in [-0.3, -0.25) is 19.6 Å². The second-order valence-electron chi connectivity index (χ2n) is 7.35. The topological polar surface area (TPSA) is 164 Å². The van der Waals surface area contributed by atoms with Crippen molar-refractivity contribution in [2.75, 3.05) is 39.4 Å². The van der Waals surface area contributed by atoms with Crippen molar-refractivity contribution < 1.29 is 28.9 Å². The fourth-order valence-corrected chi connectivity index (χ4v) is 3.67. The third-order valence-corrected chi connectivity index (χ3v) is 5.25. The van der Waals surface area contributed by atoms with E-state index in [1.165, 1.54) is 12.1 Å². The van der Waals surface area contributed by atoms with E-state index in [2.05, 4.69) is 25.4 Å². The minimum atomic E-state index is -0.755. The van der Waals surface area contributed by atoms with Crippen LogP contribution in [0.25, 0.3) is 22.3 Å². The molecular weight excluding hydrogens is 447 g/mol. The number of aromatic hydroxyl groups is 1. The van der Waals surface area contributed by atoms with E-state index in [9.17, 15) is 19.6 Å². The van der Waals surface area contributed by atoms with Gasteiger partial charge in [0.1, 0.15) is 17.6 Å². The standard InChI is InChI=1S/C21H21FN6O3.CH2O2/c1-12-17-18(21(30)24-4-5-28-6-8-31-9-7-28)15(11-23)19(25-20(17)27-26-12)14-3-2-13(29)10-16(14)22;2-1-3/h2-3,10,29H,4-9H2,1H3,(H,24,30)(H,25,26,27);1H,(H,2,3). The number of halogens is 1. The molecule has 2 aromatic heterocycles. The lowest BCUT2D eigenvalue weighted by Crippen LogP contribution is -2.41. The second kappa shape index (κ2) is 11.2. The fourth-order valence-electron chi connectivity index (χ4n) is 3.67. The summed E-state index contributed by atoms with van der Waals surface area (Å²) in [7, 11) is 0. The maximum absolute atomic E-state index is 14.5. The molecule has 0 atom stereocenters. The van der Waals surface area contributed by atoms with Crippen LogP contribution in [0.2, 0.25) is 0 Å². The van der Waals surface area contributed by atoms with Crippen molar-refractivity contribution in [3.8, 4) is 23.1 Å². The second-order valence-corrected chi connectivity index (χ2v) is 7.35. The average molecular weight is 470 g/mol. The number of nitriles is 1. The molecule has 0 aliphatic carbocycles. The molecule has 4 N–H and O–H groups in total. The van der Waals surface area contributed by atoms with Crippen LogP contribution in [0.5, 0.6) is 5.75 Å². The van der Waals surface area contributed by atoms with Gasteiger partial charge in [0.15, 0.2) is 5.65 Å². The van der Waals surface area contributed by atoms with Crippen molar-refractivity contribution in [1.29, 1.82) is 5.26 Å². The number of phenols is 1. The number of hydrogen-bond donors (Lipinski definition) is 4. The Morgan fingerprint density at radius 3 is 2.76 bits per heavy atom. The summed E-state index contributed by atoms with van der Waals surface area (Å²) in [5, 5.41) is 36.4. The Labute approximate surface area is 193 Å². The molecule has 12 heteroatoms. The number of amides is 1. The zero-order valence-corrected chi connectivity index (χ0v) is 18.3. The molecule has 1 aliphatic rings. The zero-order chi connectivity index (χ0) is 24.7. The molecule has 1 aromatic carbocycles. The van der Waals surface area contributed by atoms with E-state index in [0.717, 1.165) is 19.2 Å². The highest BCUT2D eigenvalue weighted by atomic mass is 19.1. The van der Waals surface area contributed by atoms with Gasteiger partial charge in [-0.25, -0.2) is 9.37 Å². The van der Waals surface area contributed by atoms with Crippen molar-refractivity contribution >= 4 is 23.4 Å². The number of pyridine rings is 1. The lowest BCUT2D eigenvalue weighted by atomic mass is 9.97. The first-order chi connectivity index (χ1) is 16.4. The smallest absolute Gasteiger partial charge is 0.290 e. The number of fused-ring (bicyclic) bond motifs is 1. The Hall–Kier alpha value is -4.08. The molecule has 3 heterocycles. The van der Waals surface area contributed by atoms with Crippen LogP contribution in [-0.2, 0) is 9.53 Å². The first kappa shape index (κ1) is 24.6. The van der Waals surface area contributed by atoms with Crippen molar-refractivity contribution in [1.82, 2.24) is 25.4 Å². The quantitative estimate of drug-likeness (QED) is 0.404. The van der Waals surface area contributed by atoms with Crippen LogP contribution in [0.3, 0.4) is 0 Å². The zero-order valence-electron chi connectivity index (χ0n) is 18.3. The molecule has 178 valence electrons. The van der Waals surface area contributed by atoms with E-state index < -0.39 is 11.7 Å². The van der Waals surface area contributed by atoms with Gasteiger partial charge in [0, 0.05) is 43.5 Å². The maximum atomic E-state index is 14.5. The van der Waals surface area contributed by atoms with Gasteiger partial charge in [-0.15, -0.1) is 0 Å². The summed E-state index contributed by atoms with van der Waals surface area (Å²) in [6.07, 6.45) is 0. The number of rotatable bonds is 5. The number of carboxylic acid groups (broad SMARTS) is 1. The predicted molar refractivity (Wildman–Crippen MR) is 119 cm³/mol. The number of ether oxygens (including phenoxy) is 1. The molecule has 0 unspecified atom stereocenters. The highest BCUT2D eigenvalue weighted by molar-refractivity contribution is 6.10. The van der Waals surface area contributed by atoms with Crippen molar-refractivity contribution in [3.63, 3.8) is 0 Å². The highest BCUT2D eigenvalue weighted by Crippen LogP contribution is 2.33. The summed E-state index contributed by atoms with van der Waals surface area (Å²) in [5.74, 6) is -1.46. The van der Waals surface area contributed by atoms with Crippen LogP contribution in [-0.4, -0.2) is 82.1 Å². The lowest BCUT2D eigenvalue weighted by molar-refractivity contribution is -0.122. The fraction of sp³-hybridized carbons (Fsp3) is 0.318. The summed E-state index contributed by atoms with van der Waals surface area (Å²) in [5.41, 5.74) is 0.831. The third-order valence-electron chi connectivity index (χ3n) is 5.25. The van der Waals surface area contributed by atoms with Crippen molar-refractivity contribution in [3.05, 3.63) is 40.8 Å². The minimum absolute atomic E-state index is 0.000676. The number of carbonyl (C=O) groups excluding carboxylic acids is 1. The third kappa shape index (κ3) is 5.28. The number of nitrogens with one attached hydrogen (secondary N) is 2. The number of hydrogen-bond acceptors (Lipinski definition) is 8. The molecule has 1 aliphatic heterocycles. The number of H-pyrrole nitrogens is 1. The summed E-state index contributed by atoms with van der Waals surface area (Å²) in [6.45, 7) is 5.42. The molecule has 34 heavy (non-hydrogen) atoms. The van der Waals surface area contributed by atoms with Crippen LogP contribution >= 0.6 is 0 Å². The first-order valence-corrected chi connectivity index (χ1v) is 10.3. The highest BCUT2D eigenvalue weighted by Gasteiger charge is 2.26. The molecule has 0 spiro atoms. The number of aromatic nitrogens is 3. The van der Waals surface area contributed by atoms with E-state index in [1.807, 2.05) is 6.07 Å². The molecule has 4 rings (SSSR count). The van der Waals surface area contributed by atoms with Gasteiger partial charge in [0.05, 0.1) is 35.4 Å². The molecule has 0 bridgehead atoms. The molecule has 3 aromatic rings. The van der Waals surface area contributed by atoms with Gasteiger partial charge in [-0.05, 0) is 19.1 Å². The molecular formula is C22H23FN6O5. The molecule has 1 amide bonds. The maximum Gasteiger partial charge on any atom is 0.290 e.